The zero-order chi connectivity index (χ0) is 30.4. The van der Waals surface area contributed by atoms with Crippen molar-refractivity contribution in [2.75, 3.05) is 24.5 Å². The number of benzene rings is 2. The molecule has 7 heterocycles. The van der Waals surface area contributed by atoms with Gasteiger partial charge >= 0.3 is 0 Å². The van der Waals surface area contributed by atoms with Crippen LogP contribution in [-0.2, 0) is 19.5 Å². The molecule has 1 amide bonds. The predicted octanol–water partition coefficient (Wildman–Crippen LogP) is 4.26. The summed E-state index contributed by atoms with van der Waals surface area (Å²) in [6.45, 7) is 6.02. The molecular formula is C33H32FN9O2. The minimum absolute atomic E-state index is 0.167. The van der Waals surface area contributed by atoms with Crippen LogP contribution in [0.2, 0.25) is 0 Å². The van der Waals surface area contributed by atoms with Gasteiger partial charge in [-0.15, -0.1) is 0 Å². The second kappa shape index (κ2) is 9.83. The van der Waals surface area contributed by atoms with Crippen molar-refractivity contribution in [3.63, 3.8) is 0 Å². The summed E-state index contributed by atoms with van der Waals surface area (Å²) in [6.07, 6.45) is 6.45. The molecule has 12 heteroatoms. The number of hydrogen-bond donors (Lipinski definition) is 3. The third kappa shape index (κ3) is 4.38. The van der Waals surface area contributed by atoms with Gasteiger partial charge in [-0.2, -0.15) is 5.10 Å². The Morgan fingerprint density at radius 2 is 2.02 bits per heavy atom. The average molecular weight is 606 g/mol. The molecule has 3 saturated heterocycles. The zero-order valence-electron chi connectivity index (χ0n) is 24.8. The fraction of sp³-hybridized carbons (Fsp3) is 0.364. The zero-order valence-corrected chi connectivity index (χ0v) is 24.8. The molecule has 2 aromatic carbocycles. The van der Waals surface area contributed by atoms with E-state index < -0.39 is 5.82 Å². The number of fused-ring (bicyclic) bond motifs is 3. The number of aromatic hydroxyl groups is 1. The molecule has 45 heavy (non-hydrogen) atoms. The number of nitrogens with zero attached hydrogens (tertiary/aromatic N) is 7. The number of H-pyrrole nitrogens is 2. The van der Waals surface area contributed by atoms with E-state index >= 15 is 0 Å². The molecular weight excluding hydrogens is 573 g/mol. The van der Waals surface area contributed by atoms with Crippen LogP contribution in [0.5, 0.6) is 5.75 Å². The van der Waals surface area contributed by atoms with Crippen LogP contribution in [0, 0.1) is 11.7 Å². The van der Waals surface area contributed by atoms with E-state index in [9.17, 15) is 14.3 Å². The lowest BCUT2D eigenvalue weighted by molar-refractivity contribution is 0.0742. The molecule has 3 aromatic heterocycles. The molecule has 3 fully saturated rings. The highest BCUT2D eigenvalue weighted by atomic mass is 19.1. The van der Waals surface area contributed by atoms with Gasteiger partial charge in [0.2, 0.25) is 0 Å². The van der Waals surface area contributed by atoms with Gasteiger partial charge in [-0.05, 0) is 66.1 Å². The molecule has 9 rings (SSSR count). The standard InChI is InChI=1S/C33H32FN9O2/c1-2-17-9-28(44)22(34)10-21(17)18-5-6-20-23(8-18)39-40-30(20)32-37-25-14-42(15-26(25)38-32)33(45)24-11-36-29(12-35-24)41-7-3-4-19(13-41)31-27-16-43(27)31/h5-6,8-12,19,27,31,44H,2-4,7,13-16H2,1H3,(H,37,38)(H,39,40). The average Bonchev–Trinajstić information content (AvgIpc) is 3.80. The lowest BCUT2D eigenvalue weighted by atomic mass is 9.92. The molecule has 5 aromatic rings. The fourth-order valence-electron chi connectivity index (χ4n) is 7.38. The van der Waals surface area contributed by atoms with Crippen molar-refractivity contribution in [1.82, 2.24) is 39.9 Å². The summed E-state index contributed by atoms with van der Waals surface area (Å²) in [6, 6.07) is 10.3. The quantitative estimate of drug-likeness (QED) is 0.245. The molecule has 0 bridgehead atoms. The van der Waals surface area contributed by atoms with Crippen LogP contribution < -0.4 is 4.90 Å². The molecule has 4 atom stereocenters. The summed E-state index contributed by atoms with van der Waals surface area (Å²) < 4.78 is 14.2. The Morgan fingerprint density at radius 1 is 1.13 bits per heavy atom. The van der Waals surface area contributed by atoms with Gasteiger partial charge in [-0.25, -0.2) is 19.3 Å². The van der Waals surface area contributed by atoms with E-state index in [-0.39, 0.29) is 11.7 Å². The van der Waals surface area contributed by atoms with Crippen LogP contribution >= 0.6 is 0 Å². The van der Waals surface area contributed by atoms with E-state index in [1.807, 2.05) is 25.1 Å². The maximum Gasteiger partial charge on any atom is 0.274 e. The molecule has 4 unspecified atom stereocenters. The van der Waals surface area contributed by atoms with Crippen LogP contribution in [0.1, 0.15) is 47.2 Å². The smallest absolute Gasteiger partial charge is 0.274 e. The molecule has 0 spiro atoms. The number of phenols is 1. The topological polar surface area (TPSA) is 130 Å². The minimum Gasteiger partial charge on any atom is -0.505 e. The van der Waals surface area contributed by atoms with E-state index in [1.165, 1.54) is 31.5 Å². The number of nitrogens with one attached hydrogen (secondary N) is 2. The van der Waals surface area contributed by atoms with Gasteiger partial charge < -0.3 is 19.9 Å². The Kier molecular flexibility index (Phi) is 5.80. The second-order valence-corrected chi connectivity index (χ2v) is 12.7. The van der Waals surface area contributed by atoms with Crippen molar-refractivity contribution in [2.24, 2.45) is 5.92 Å². The van der Waals surface area contributed by atoms with Gasteiger partial charge in [0, 0.05) is 37.1 Å². The van der Waals surface area contributed by atoms with E-state index in [2.05, 4.69) is 34.9 Å². The molecule has 4 aliphatic heterocycles. The molecule has 4 aliphatic rings. The predicted molar refractivity (Wildman–Crippen MR) is 165 cm³/mol. The highest BCUT2D eigenvalue weighted by Crippen LogP contribution is 2.50. The highest BCUT2D eigenvalue weighted by molar-refractivity contribution is 5.94. The van der Waals surface area contributed by atoms with E-state index in [1.54, 1.807) is 17.3 Å². The number of aryl methyl sites for hydroxylation is 1. The van der Waals surface area contributed by atoms with Crippen molar-refractivity contribution in [3.05, 3.63) is 71.2 Å². The van der Waals surface area contributed by atoms with Gasteiger partial charge in [0.05, 0.1) is 42.4 Å². The monoisotopic (exact) mass is 605 g/mol. The molecule has 0 aliphatic carbocycles. The van der Waals surface area contributed by atoms with Crippen molar-refractivity contribution in [3.8, 4) is 28.4 Å². The number of carbonyl (C=O) groups is 1. The number of amides is 1. The maximum absolute atomic E-state index is 14.2. The number of halogens is 1. The molecule has 228 valence electrons. The van der Waals surface area contributed by atoms with Crippen molar-refractivity contribution >= 4 is 22.6 Å². The highest BCUT2D eigenvalue weighted by Gasteiger charge is 2.64. The summed E-state index contributed by atoms with van der Waals surface area (Å²) in [4.78, 5) is 37.2. The maximum atomic E-state index is 14.2. The van der Waals surface area contributed by atoms with E-state index in [4.69, 9.17) is 4.98 Å². The Hall–Kier alpha value is -4.84. The van der Waals surface area contributed by atoms with Crippen LogP contribution in [0.15, 0.2) is 42.7 Å². The SMILES string of the molecule is CCc1cc(O)c(F)cc1-c1ccc2c(-c3nc4c([nH]3)CN(C(=O)c3cnc(N5CCCC(C6C7CN76)C5)cn3)C4)n[nH]c2c1. The summed E-state index contributed by atoms with van der Waals surface area (Å²) in [5.74, 6) is 1.02. The number of rotatable bonds is 6. The first-order chi connectivity index (χ1) is 21.9. The summed E-state index contributed by atoms with van der Waals surface area (Å²) in [7, 11) is 0. The van der Waals surface area contributed by atoms with E-state index in [0.29, 0.717) is 42.6 Å². The van der Waals surface area contributed by atoms with Crippen molar-refractivity contribution in [2.45, 2.75) is 51.4 Å². The molecule has 0 saturated carbocycles. The number of carbonyl (C=O) groups excluding carboxylic acids is 1. The number of imidazole rings is 1. The lowest BCUT2D eigenvalue weighted by Crippen LogP contribution is -2.40. The van der Waals surface area contributed by atoms with Crippen LogP contribution in [0.25, 0.3) is 33.5 Å². The van der Waals surface area contributed by atoms with Crippen LogP contribution in [0.4, 0.5) is 10.2 Å². The lowest BCUT2D eigenvalue weighted by Gasteiger charge is -2.34. The second-order valence-electron chi connectivity index (χ2n) is 12.7. The number of hydrogen-bond acceptors (Lipinski definition) is 8. The van der Waals surface area contributed by atoms with Gasteiger partial charge in [0.25, 0.3) is 5.91 Å². The molecule has 3 N–H and O–H groups in total. The Balaban J connectivity index is 0.891. The Bertz CT molecular complexity index is 1950. The third-order valence-corrected chi connectivity index (χ3v) is 9.99. The molecule has 0 radical (unpaired) electrons. The van der Waals surface area contributed by atoms with Crippen LogP contribution in [0.3, 0.4) is 0 Å². The third-order valence-electron chi connectivity index (χ3n) is 9.99. The molecule has 11 nitrogen and oxygen atoms in total. The summed E-state index contributed by atoms with van der Waals surface area (Å²) in [5, 5.41) is 18.3. The minimum atomic E-state index is -0.650. The first-order valence-corrected chi connectivity index (χ1v) is 15.6. The van der Waals surface area contributed by atoms with Gasteiger partial charge in [-0.1, -0.05) is 13.0 Å². The number of anilines is 1. The largest absolute Gasteiger partial charge is 0.505 e. The van der Waals surface area contributed by atoms with Crippen molar-refractivity contribution in [1.29, 1.82) is 0 Å². The fourth-order valence-corrected chi connectivity index (χ4v) is 7.38. The van der Waals surface area contributed by atoms with Gasteiger partial charge in [-0.3, -0.25) is 14.8 Å². The number of phenolic OH excluding ortho intramolecular Hbond substituents is 1. The first-order valence-electron chi connectivity index (χ1n) is 15.6. The van der Waals surface area contributed by atoms with Gasteiger partial charge in [0.15, 0.2) is 17.4 Å². The summed E-state index contributed by atoms with van der Waals surface area (Å²) in [5.41, 5.74) is 5.89. The Labute approximate surface area is 258 Å². The van der Waals surface area contributed by atoms with Crippen molar-refractivity contribution < 1.29 is 14.3 Å². The van der Waals surface area contributed by atoms with Crippen LogP contribution in [-0.4, -0.2) is 82.7 Å². The number of aromatic nitrogens is 6. The number of aromatic amines is 2. The normalized spacial score (nSPS) is 23.3. The van der Waals surface area contributed by atoms with E-state index in [0.717, 1.165) is 70.0 Å². The van der Waals surface area contributed by atoms with Gasteiger partial charge in [0.1, 0.15) is 17.2 Å². The number of piperidine rings is 1. The Morgan fingerprint density at radius 3 is 2.78 bits per heavy atom. The first kappa shape index (κ1) is 26.6. The summed E-state index contributed by atoms with van der Waals surface area (Å²) >= 11 is 0.